The van der Waals surface area contributed by atoms with Gasteiger partial charge in [0.2, 0.25) is 5.91 Å². The number of carboxylic acid groups (broad SMARTS) is 1. The average Bonchev–Trinajstić information content (AvgIpc) is 2.88. The summed E-state index contributed by atoms with van der Waals surface area (Å²) in [5.41, 5.74) is -0.145. The number of rotatable bonds is 3. The highest BCUT2D eigenvalue weighted by molar-refractivity contribution is 5.85. The van der Waals surface area contributed by atoms with Crippen LogP contribution in [-0.2, 0) is 4.79 Å². The molecule has 7 heteroatoms. The summed E-state index contributed by atoms with van der Waals surface area (Å²) in [6.07, 6.45) is 4.49. The highest BCUT2D eigenvalue weighted by atomic mass is 16.4. The second-order valence-corrected chi connectivity index (χ2v) is 4.45. The molecule has 1 amide bonds. The van der Waals surface area contributed by atoms with Crippen molar-refractivity contribution in [2.75, 3.05) is 13.1 Å². The van der Waals surface area contributed by atoms with E-state index in [9.17, 15) is 9.59 Å². The van der Waals surface area contributed by atoms with E-state index in [1.165, 1.54) is 10.9 Å². The number of carbonyl (C=O) groups excluding carboxylic acids is 1. The molecule has 1 aliphatic rings. The molecule has 0 bridgehead atoms. The molecule has 7 nitrogen and oxygen atoms in total. The van der Waals surface area contributed by atoms with Gasteiger partial charge in [-0.15, -0.1) is 5.10 Å². The van der Waals surface area contributed by atoms with Crippen LogP contribution in [-0.4, -0.2) is 50.0 Å². The fraction of sp³-hybridized carbons (Fsp3) is 0.636. The lowest BCUT2D eigenvalue weighted by molar-refractivity contribution is -0.135. The molecule has 1 aromatic rings. The Kier molecular flexibility index (Phi) is 3.59. The van der Waals surface area contributed by atoms with Gasteiger partial charge in [0.05, 0.1) is 6.20 Å². The van der Waals surface area contributed by atoms with Gasteiger partial charge >= 0.3 is 5.97 Å². The van der Waals surface area contributed by atoms with Crippen molar-refractivity contribution in [3.63, 3.8) is 0 Å². The van der Waals surface area contributed by atoms with Gasteiger partial charge in [-0.1, -0.05) is 5.21 Å². The molecule has 1 aliphatic heterocycles. The maximum absolute atomic E-state index is 12.2. The zero-order valence-electron chi connectivity index (χ0n) is 10.2. The van der Waals surface area contributed by atoms with Gasteiger partial charge < -0.3 is 10.0 Å². The number of nitrogens with zero attached hydrogens (tertiary/aromatic N) is 4. The monoisotopic (exact) mass is 252 g/mol. The van der Waals surface area contributed by atoms with E-state index >= 15 is 0 Å². The SMILES string of the molecule is CC(C(=O)N1CCCCC1)n1cc(C(=O)O)nn1. The first-order valence-corrected chi connectivity index (χ1v) is 6.03. The van der Waals surface area contributed by atoms with Crippen LogP contribution in [0.3, 0.4) is 0 Å². The molecule has 18 heavy (non-hydrogen) atoms. The predicted octanol–water partition coefficient (Wildman–Crippen LogP) is 0.550. The molecule has 1 fully saturated rings. The summed E-state index contributed by atoms with van der Waals surface area (Å²) in [4.78, 5) is 24.7. The Balaban J connectivity index is 2.06. The number of amides is 1. The minimum atomic E-state index is -1.14. The van der Waals surface area contributed by atoms with E-state index in [1.54, 1.807) is 11.8 Å². The van der Waals surface area contributed by atoms with Gasteiger partial charge in [0.15, 0.2) is 5.69 Å². The molecular weight excluding hydrogens is 236 g/mol. The second kappa shape index (κ2) is 5.16. The van der Waals surface area contributed by atoms with Gasteiger partial charge in [0.25, 0.3) is 0 Å². The Morgan fingerprint density at radius 2 is 2.00 bits per heavy atom. The van der Waals surface area contributed by atoms with Gasteiger partial charge in [0.1, 0.15) is 6.04 Å². The van der Waals surface area contributed by atoms with Crippen molar-refractivity contribution in [1.29, 1.82) is 0 Å². The van der Waals surface area contributed by atoms with Crippen LogP contribution in [0.25, 0.3) is 0 Å². The molecule has 2 rings (SSSR count). The molecule has 1 N–H and O–H groups in total. The molecule has 1 unspecified atom stereocenters. The van der Waals surface area contributed by atoms with Crippen molar-refractivity contribution in [2.24, 2.45) is 0 Å². The maximum Gasteiger partial charge on any atom is 0.358 e. The number of aromatic carboxylic acids is 1. The van der Waals surface area contributed by atoms with Crippen LogP contribution in [0.1, 0.15) is 42.7 Å². The van der Waals surface area contributed by atoms with Crippen LogP contribution in [0.5, 0.6) is 0 Å². The quantitative estimate of drug-likeness (QED) is 0.848. The first kappa shape index (κ1) is 12.5. The molecule has 1 aromatic heterocycles. The summed E-state index contributed by atoms with van der Waals surface area (Å²) >= 11 is 0. The summed E-state index contributed by atoms with van der Waals surface area (Å²) in [6.45, 7) is 3.24. The van der Waals surface area contributed by atoms with E-state index in [1.807, 2.05) is 0 Å². The van der Waals surface area contributed by atoms with E-state index in [-0.39, 0.29) is 11.6 Å². The zero-order valence-corrected chi connectivity index (χ0v) is 10.2. The second-order valence-electron chi connectivity index (χ2n) is 4.45. The number of piperidine rings is 1. The van der Waals surface area contributed by atoms with Crippen LogP contribution in [0.2, 0.25) is 0 Å². The molecule has 0 aromatic carbocycles. The smallest absolute Gasteiger partial charge is 0.358 e. The molecule has 0 radical (unpaired) electrons. The van der Waals surface area contributed by atoms with Crippen LogP contribution in [0.15, 0.2) is 6.20 Å². The molecule has 1 saturated heterocycles. The summed E-state index contributed by atoms with van der Waals surface area (Å²) in [7, 11) is 0. The van der Waals surface area contributed by atoms with E-state index in [4.69, 9.17) is 5.11 Å². The van der Waals surface area contributed by atoms with Crippen LogP contribution in [0.4, 0.5) is 0 Å². The number of aromatic nitrogens is 3. The fourth-order valence-corrected chi connectivity index (χ4v) is 2.06. The molecule has 1 atom stereocenters. The van der Waals surface area contributed by atoms with E-state index in [2.05, 4.69) is 10.3 Å². The van der Waals surface area contributed by atoms with Gasteiger partial charge in [-0.25, -0.2) is 9.48 Å². The zero-order chi connectivity index (χ0) is 13.1. The van der Waals surface area contributed by atoms with Crippen LogP contribution < -0.4 is 0 Å². The summed E-state index contributed by atoms with van der Waals surface area (Å²) in [5.74, 6) is -1.17. The Morgan fingerprint density at radius 3 is 2.56 bits per heavy atom. The first-order chi connectivity index (χ1) is 8.59. The molecule has 0 saturated carbocycles. The Labute approximate surface area is 104 Å². The van der Waals surface area contributed by atoms with Crippen molar-refractivity contribution in [1.82, 2.24) is 19.9 Å². The highest BCUT2D eigenvalue weighted by Crippen LogP contribution is 2.15. The third-order valence-corrected chi connectivity index (χ3v) is 3.15. The third kappa shape index (κ3) is 2.49. The van der Waals surface area contributed by atoms with E-state index < -0.39 is 12.0 Å². The molecular formula is C11H16N4O3. The molecule has 0 aliphatic carbocycles. The maximum atomic E-state index is 12.2. The van der Waals surface area contributed by atoms with Crippen molar-refractivity contribution in [3.8, 4) is 0 Å². The van der Waals surface area contributed by atoms with E-state index in [0.29, 0.717) is 0 Å². The van der Waals surface area contributed by atoms with Gasteiger partial charge in [-0.2, -0.15) is 0 Å². The minimum Gasteiger partial charge on any atom is -0.476 e. The Bertz CT molecular complexity index is 451. The van der Waals surface area contributed by atoms with Crippen molar-refractivity contribution < 1.29 is 14.7 Å². The number of hydrogen-bond acceptors (Lipinski definition) is 4. The van der Waals surface area contributed by atoms with Gasteiger partial charge in [0, 0.05) is 13.1 Å². The predicted molar refractivity (Wildman–Crippen MR) is 62.1 cm³/mol. The highest BCUT2D eigenvalue weighted by Gasteiger charge is 2.24. The van der Waals surface area contributed by atoms with Gasteiger partial charge in [-0.3, -0.25) is 4.79 Å². The topological polar surface area (TPSA) is 88.3 Å². The minimum absolute atomic E-state index is 0.0310. The van der Waals surface area contributed by atoms with Crippen molar-refractivity contribution >= 4 is 11.9 Å². The summed E-state index contributed by atoms with van der Waals surface area (Å²) in [5, 5.41) is 16.0. The number of carbonyl (C=O) groups is 2. The lowest BCUT2D eigenvalue weighted by atomic mass is 10.1. The van der Waals surface area contributed by atoms with Crippen LogP contribution in [0, 0.1) is 0 Å². The lowest BCUT2D eigenvalue weighted by Crippen LogP contribution is -2.39. The van der Waals surface area contributed by atoms with Crippen molar-refractivity contribution in [2.45, 2.75) is 32.2 Å². The Hall–Kier alpha value is -1.92. The average molecular weight is 252 g/mol. The van der Waals surface area contributed by atoms with E-state index in [0.717, 1.165) is 32.4 Å². The fourth-order valence-electron chi connectivity index (χ4n) is 2.06. The summed E-state index contributed by atoms with van der Waals surface area (Å²) in [6, 6.07) is -0.510. The van der Waals surface area contributed by atoms with Crippen molar-refractivity contribution in [3.05, 3.63) is 11.9 Å². The standard InChI is InChI=1S/C11H16N4O3/c1-8(10(16)14-5-3-2-4-6-14)15-7-9(11(17)18)12-13-15/h7-8H,2-6H2,1H3,(H,17,18). The lowest BCUT2D eigenvalue weighted by Gasteiger charge is -2.29. The normalized spacial score (nSPS) is 17.5. The van der Waals surface area contributed by atoms with Gasteiger partial charge in [-0.05, 0) is 26.2 Å². The number of hydrogen-bond donors (Lipinski definition) is 1. The molecule has 2 heterocycles. The molecule has 98 valence electrons. The Morgan fingerprint density at radius 1 is 1.33 bits per heavy atom. The largest absolute Gasteiger partial charge is 0.476 e. The molecule has 0 spiro atoms. The first-order valence-electron chi connectivity index (χ1n) is 6.03. The van der Waals surface area contributed by atoms with Crippen LogP contribution >= 0.6 is 0 Å². The number of carboxylic acids is 1. The summed E-state index contributed by atoms with van der Waals surface area (Å²) < 4.78 is 1.31. The third-order valence-electron chi connectivity index (χ3n) is 3.15. The number of likely N-dealkylation sites (tertiary alicyclic amines) is 1.